The number of rotatable bonds is 1. The number of hydrogen-bond acceptors (Lipinski definition) is 4. The molecular weight excluding hydrogens is 224 g/mol. The van der Waals surface area contributed by atoms with E-state index in [0.29, 0.717) is 6.07 Å². The number of halogens is 2. The van der Waals surface area contributed by atoms with Crippen LogP contribution in [-0.2, 0) is 0 Å². The van der Waals surface area contributed by atoms with Gasteiger partial charge in [0.15, 0.2) is 5.82 Å². The van der Waals surface area contributed by atoms with Crippen LogP contribution in [0.2, 0.25) is 0 Å². The summed E-state index contributed by atoms with van der Waals surface area (Å²) < 4.78 is 26.9. The van der Waals surface area contributed by atoms with Crippen molar-refractivity contribution in [3.05, 3.63) is 28.7 Å². The highest BCUT2D eigenvalue weighted by Crippen LogP contribution is 2.16. The summed E-state index contributed by atoms with van der Waals surface area (Å²) in [6, 6.07) is 0.695. The van der Waals surface area contributed by atoms with Gasteiger partial charge in [-0.15, -0.1) is 0 Å². The highest BCUT2D eigenvalue weighted by molar-refractivity contribution is 7.71. The molecular formula is C7H5F2N5S. The van der Waals surface area contributed by atoms with Crippen LogP contribution in [0.15, 0.2) is 12.3 Å². The van der Waals surface area contributed by atoms with Gasteiger partial charge in [0.2, 0.25) is 10.6 Å². The molecule has 2 aromatic rings. The minimum atomic E-state index is -0.851. The van der Waals surface area contributed by atoms with E-state index in [9.17, 15) is 8.78 Å². The van der Waals surface area contributed by atoms with E-state index in [1.807, 2.05) is 0 Å². The molecule has 0 fully saturated rings. The molecule has 0 aromatic carbocycles. The third kappa shape index (κ3) is 1.59. The molecule has 15 heavy (non-hydrogen) atoms. The van der Waals surface area contributed by atoms with Gasteiger partial charge in [-0.25, -0.2) is 23.5 Å². The number of hydrogen-bond donors (Lipinski definition) is 2. The van der Waals surface area contributed by atoms with Crippen LogP contribution < -0.4 is 5.84 Å². The molecule has 2 rings (SSSR count). The molecule has 2 aromatic heterocycles. The van der Waals surface area contributed by atoms with Gasteiger partial charge in [-0.05, 0) is 12.2 Å². The molecule has 0 bridgehead atoms. The van der Waals surface area contributed by atoms with Gasteiger partial charge in [0, 0.05) is 6.07 Å². The first-order chi connectivity index (χ1) is 7.09. The molecule has 0 saturated carbocycles. The lowest BCUT2D eigenvalue weighted by molar-refractivity contribution is 0.574. The van der Waals surface area contributed by atoms with Crippen LogP contribution in [0, 0.1) is 16.4 Å². The van der Waals surface area contributed by atoms with Crippen molar-refractivity contribution in [2.45, 2.75) is 0 Å². The molecule has 0 aliphatic heterocycles. The Morgan fingerprint density at radius 1 is 1.47 bits per heavy atom. The van der Waals surface area contributed by atoms with Crippen molar-refractivity contribution in [1.82, 2.24) is 19.9 Å². The van der Waals surface area contributed by atoms with Crippen molar-refractivity contribution in [2.24, 2.45) is 0 Å². The van der Waals surface area contributed by atoms with Gasteiger partial charge < -0.3 is 5.84 Å². The number of nitrogens with two attached hydrogens (primary N) is 1. The van der Waals surface area contributed by atoms with Crippen LogP contribution in [0.1, 0.15) is 0 Å². The topological polar surface area (TPSA) is 72.5 Å². The van der Waals surface area contributed by atoms with Crippen molar-refractivity contribution in [3.63, 3.8) is 0 Å². The third-order valence-corrected chi connectivity index (χ3v) is 2.01. The molecule has 0 aliphatic carbocycles. The number of H-pyrrole nitrogens is 1. The van der Waals surface area contributed by atoms with E-state index < -0.39 is 11.6 Å². The lowest BCUT2D eigenvalue weighted by Crippen LogP contribution is -2.11. The zero-order valence-corrected chi connectivity index (χ0v) is 8.05. The average molecular weight is 229 g/mol. The zero-order chi connectivity index (χ0) is 11.0. The summed E-state index contributed by atoms with van der Waals surface area (Å²) in [6.07, 6.45) is 0.871. The minimum absolute atomic E-state index is 0.0116. The Bertz CT molecular complexity index is 561. The second-order valence-corrected chi connectivity index (χ2v) is 3.09. The van der Waals surface area contributed by atoms with E-state index in [0.717, 1.165) is 10.9 Å². The molecule has 0 amide bonds. The summed E-state index contributed by atoms with van der Waals surface area (Å²) in [4.78, 5) is 3.54. The summed E-state index contributed by atoms with van der Waals surface area (Å²) in [5, 5.41) is 6.04. The summed E-state index contributed by atoms with van der Waals surface area (Å²) in [5.41, 5.74) is -0.161. The summed E-state index contributed by atoms with van der Waals surface area (Å²) in [7, 11) is 0. The Hall–Kier alpha value is -1.83. The second-order valence-electron chi connectivity index (χ2n) is 2.71. The van der Waals surface area contributed by atoms with E-state index in [4.69, 9.17) is 18.1 Å². The van der Waals surface area contributed by atoms with Crippen LogP contribution in [0.3, 0.4) is 0 Å². The Morgan fingerprint density at radius 2 is 2.20 bits per heavy atom. The van der Waals surface area contributed by atoms with Crippen molar-refractivity contribution in [3.8, 4) is 11.5 Å². The Morgan fingerprint density at radius 3 is 2.73 bits per heavy atom. The van der Waals surface area contributed by atoms with Gasteiger partial charge in [-0.3, -0.25) is 0 Å². The highest BCUT2D eigenvalue weighted by Gasteiger charge is 2.13. The van der Waals surface area contributed by atoms with Crippen molar-refractivity contribution < 1.29 is 8.78 Å². The zero-order valence-electron chi connectivity index (χ0n) is 7.24. The van der Waals surface area contributed by atoms with Crippen LogP contribution in [0.4, 0.5) is 8.78 Å². The molecule has 0 atom stereocenters. The first-order valence-electron chi connectivity index (χ1n) is 3.83. The third-order valence-electron chi connectivity index (χ3n) is 1.72. The molecule has 2 heterocycles. The van der Waals surface area contributed by atoms with E-state index in [-0.39, 0.29) is 16.3 Å². The Balaban J connectivity index is 2.64. The molecule has 5 nitrogen and oxygen atoms in total. The maximum absolute atomic E-state index is 13.3. The summed E-state index contributed by atoms with van der Waals surface area (Å²) in [6.45, 7) is 0. The summed E-state index contributed by atoms with van der Waals surface area (Å²) in [5.74, 6) is 3.85. The fraction of sp³-hybridized carbons (Fsp3) is 0. The predicted octanol–water partition coefficient (Wildman–Crippen LogP) is 0.995. The van der Waals surface area contributed by atoms with E-state index in [1.165, 1.54) is 0 Å². The lowest BCUT2D eigenvalue weighted by atomic mass is 10.3. The Labute approximate surface area is 87.5 Å². The number of nitrogen functional groups attached to an aromatic ring is 1. The molecule has 0 saturated heterocycles. The van der Waals surface area contributed by atoms with Crippen molar-refractivity contribution in [2.75, 3.05) is 5.84 Å². The number of aromatic nitrogens is 4. The maximum atomic E-state index is 13.3. The van der Waals surface area contributed by atoms with Gasteiger partial charge in [-0.1, -0.05) is 0 Å². The van der Waals surface area contributed by atoms with E-state index >= 15 is 0 Å². The van der Waals surface area contributed by atoms with Crippen molar-refractivity contribution in [1.29, 1.82) is 0 Å². The van der Waals surface area contributed by atoms with Crippen LogP contribution >= 0.6 is 12.2 Å². The van der Waals surface area contributed by atoms with Gasteiger partial charge in [-0.2, -0.15) is 5.10 Å². The minimum Gasteiger partial charge on any atom is -0.335 e. The molecule has 0 radical (unpaired) electrons. The largest absolute Gasteiger partial charge is 0.335 e. The van der Waals surface area contributed by atoms with Crippen LogP contribution in [0.5, 0.6) is 0 Å². The average Bonchev–Trinajstić information content (AvgIpc) is 2.49. The van der Waals surface area contributed by atoms with Crippen LogP contribution in [-0.4, -0.2) is 19.9 Å². The summed E-state index contributed by atoms with van der Waals surface area (Å²) >= 11 is 4.74. The fourth-order valence-electron chi connectivity index (χ4n) is 1.05. The maximum Gasteiger partial charge on any atom is 0.214 e. The fourth-order valence-corrected chi connectivity index (χ4v) is 1.18. The van der Waals surface area contributed by atoms with E-state index in [2.05, 4.69) is 15.2 Å². The molecule has 0 unspecified atom stereocenters. The smallest absolute Gasteiger partial charge is 0.214 e. The molecule has 0 spiro atoms. The molecule has 3 N–H and O–H groups in total. The van der Waals surface area contributed by atoms with Gasteiger partial charge in [0.25, 0.3) is 0 Å². The predicted molar refractivity (Wildman–Crippen MR) is 50.7 cm³/mol. The lowest BCUT2D eigenvalue weighted by Gasteiger charge is -2.00. The van der Waals surface area contributed by atoms with Gasteiger partial charge >= 0.3 is 0 Å². The first kappa shape index (κ1) is 9.71. The number of aromatic amines is 1. The normalized spacial score (nSPS) is 10.5. The van der Waals surface area contributed by atoms with Crippen LogP contribution in [0.25, 0.3) is 11.5 Å². The first-order valence-corrected chi connectivity index (χ1v) is 4.24. The number of nitrogens with one attached hydrogen (secondary N) is 1. The highest BCUT2D eigenvalue weighted by atomic mass is 32.1. The monoisotopic (exact) mass is 229 g/mol. The molecule has 0 aliphatic rings. The quantitative estimate of drug-likeness (QED) is 0.565. The number of nitrogens with zero attached hydrogens (tertiary/aromatic N) is 3. The van der Waals surface area contributed by atoms with E-state index in [1.54, 1.807) is 0 Å². The molecule has 78 valence electrons. The van der Waals surface area contributed by atoms with Crippen molar-refractivity contribution >= 4 is 12.2 Å². The second kappa shape index (κ2) is 3.39. The van der Waals surface area contributed by atoms with Gasteiger partial charge in [0.1, 0.15) is 11.5 Å². The number of pyridine rings is 1. The SMILES string of the molecule is Nn1c(-c2ncc(F)cc2F)n[nH]c1=S. The Kier molecular flexibility index (Phi) is 2.19. The molecule has 8 heteroatoms. The standard InChI is InChI=1S/C7H5F2N5S/c8-3-1-4(9)5(11-2-3)6-12-13-7(15)14(6)10/h1-2H,10H2,(H,13,15). The van der Waals surface area contributed by atoms with Gasteiger partial charge in [0.05, 0.1) is 6.20 Å².